The number of hydrogen-bond donors (Lipinski definition) is 2. The Labute approximate surface area is 255 Å². The summed E-state index contributed by atoms with van der Waals surface area (Å²) in [5.74, 6) is 0.504. The third kappa shape index (κ3) is 6.56. The maximum atomic E-state index is 13.7. The fourth-order valence-corrected chi connectivity index (χ4v) is 6.80. The predicted molar refractivity (Wildman–Crippen MR) is 168 cm³/mol. The largest absolute Gasteiger partial charge is 0.351 e. The minimum atomic E-state index is -4.05. The molecule has 1 fully saturated rings. The smallest absolute Gasteiger partial charge is 0.264 e. The molecule has 0 unspecified atom stereocenters. The van der Waals surface area contributed by atoms with Crippen molar-refractivity contribution in [3.8, 4) is 17.2 Å². The van der Waals surface area contributed by atoms with Gasteiger partial charge >= 0.3 is 0 Å². The molecule has 0 bridgehead atoms. The maximum Gasteiger partial charge on any atom is 0.264 e. The lowest BCUT2D eigenvalue weighted by Crippen LogP contribution is -2.39. The summed E-state index contributed by atoms with van der Waals surface area (Å²) in [6.45, 7) is 3.92. The molecule has 44 heavy (non-hydrogen) atoms. The second kappa shape index (κ2) is 13.1. The van der Waals surface area contributed by atoms with Crippen LogP contribution in [-0.4, -0.2) is 65.2 Å². The van der Waals surface area contributed by atoms with Crippen molar-refractivity contribution in [2.75, 3.05) is 30.3 Å². The van der Waals surface area contributed by atoms with Crippen molar-refractivity contribution in [3.63, 3.8) is 0 Å². The van der Waals surface area contributed by atoms with E-state index >= 15 is 0 Å². The van der Waals surface area contributed by atoms with E-state index < -0.39 is 10.0 Å². The van der Waals surface area contributed by atoms with Crippen LogP contribution in [0.2, 0.25) is 0 Å². The molecule has 5 rings (SSSR count). The molecule has 0 atom stereocenters. The minimum absolute atomic E-state index is 0.0213. The van der Waals surface area contributed by atoms with Crippen molar-refractivity contribution in [2.24, 2.45) is 0 Å². The number of nitrogens with one attached hydrogen (secondary N) is 2. The third-order valence-electron chi connectivity index (χ3n) is 7.99. The van der Waals surface area contributed by atoms with Crippen molar-refractivity contribution in [1.82, 2.24) is 24.4 Å². The summed E-state index contributed by atoms with van der Waals surface area (Å²) in [5, 5.41) is 13.4. The molecule has 1 aliphatic carbocycles. The van der Waals surface area contributed by atoms with Crippen molar-refractivity contribution >= 4 is 32.8 Å². The number of aromatic nitrogens is 4. The van der Waals surface area contributed by atoms with E-state index in [1.54, 1.807) is 29.0 Å². The first-order valence-electron chi connectivity index (χ1n) is 14.5. The number of nitrogens with zero attached hydrogens (tertiary/aromatic N) is 6. The molecule has 1 aromatic carbocycles. The Morgan fingerprint density at radius 3 is 2.52 bits per heavy atom. The van der Waals surface area contributed by atoms with Crippen LogP contribution in [0.15, 0.2) is 64.5 Å². The maximum absolute atomic E-state index is 13.7. The van der Waals surface area contributed by atoms with Gasteiger partial charge in [-0.1, -0.05) is 12.1 Å². The summed E-state index contributed by atoms with van der Waals surface area (Å²) >= 11 is 0. The Morgan fingerprint density at radius 1 is 1.11 bits per heavy atom. The Hall–Kier alpha value is -4.41. The summed E-state index contributed by atoms with van der Waals surface area (Å²) < 4.78 is 42.5. The molecular formula is C31H35FN8O3S. The Kier molecular flexibility index (Phi) is 9.22. The standard InChI is InChI=1S/C31H35FN8O3S/c1-20(2)40-29-23(19-35-31(37-29)36-24-9-11-25(12-10-24)39(3)15-14-32)16-26(30(40)41)22-8-13-28(34-18-22)38-44(42,43)27-7-5-4-6-21(27)17-33/h4-8,13,16,18-20,24-25H,9-12,14-15H2,1-3H3,(H,34,38)(H,35,36,37). The molecule has 1 aliphatic rings. The Bertz CT molecular complexity index is 1850. The summed E-state index contributed by atoms with van der Waals surface area (Å²) in [5.41, 5.74) is 1.15. The van der Waals surface area contributed by atoms with E-state index in [4.69, 9.17) is 4.98 Å². The van der Waals surface area contributed by atoms with Gasteiger partial charge in [-0.2, -0.15) is 10.2 Å². The topological polar surface area (TPSA) is 146 Å². The number of fused-ring (bicyclic) bond motifs is 1. The van der Waals surface area contributed by atoms with E-state index in [1.807, 2.05) is 27.0 Å². The van der Waals surface area contributed by atoms with Crippen LogP contribution < -0.4 is 15.6 Å². The van der Waals surface area contributed by atoms with Crippen LogP contribution in [-0.2, 0) is 10.0 Å². The fraction of sp³-hybridized carbons (Fsp3) is 0.387. The van der Waals surface area contributed by atoms with Gasteiger partial charge in [-0.25, -0.2) is 22.8 Å². The second-order valence-corrected chi connectivity index (χ2v) is 12.9. The van der Waals surface area contributed by atoms with Crippen molar-refractivity contribution in [1.29, 1.82) is 5.26 Å². The number of halogens is 1. The van der Waals surface area contributed by atoms with Crippen LogP contribution in [0, 0.1) is 11.3 Å². The fourth-order valence-electron chi connectivity index (χ4n) is 5.63. The average Bonchev–Trinajstić information content (AvgIpc) is 3.01. The van der Waals surface area contributed by atoms with E-state index in [0.29, 0.717) is 40.7 Å². The molecule has 3 aromatic heterocycles. The van der Waals surface area contributed by atoms with Crippen molar-refractivity contribution in [2.45, 2.75) is 62.6 Å². The van der Waals surface area contributed by atoms with Gasteiger partial charge in [-0.3, -0.25) is 14.1 Å². The molecule has 0 radical (unpaired) electrons. The number of rotatable bonds is 10. The van der Waals surface area contributed by atoms with Gasteiger partial charge in [-0.05, 0) is 76.9 Å². The van der Waals surface area contributed by atoms with Gasteiger partial charge in [0.2, 0.25) is 5.95 Å². The van der Waals surface area contributed by atoms with Crippen LogP contribution in [0.4, 0.5) is 16.2 Å². The monoisotopic (exact) mass is 618 g/mol. The van der Waals surface area contributed by atoms with Gasteiger partial charge in [0.25, 0.3) is 15.6 Å². The zero-order valence-corrected chi connectivity index (χ0v) is 25.7. The Balaban J connectivity index is 1.38. The van der Waals surface area contributed by atoms with Gasteiger partial charge in [0.15, 0.2) is 0 Å². The lowest BCUT2D eigenvalue weighted by molar-refractivity contribution is 0.174. The van der Waals surface area contributed by atoms with Gasteiger partial charge < -0.3 is 10.2 Å². The highest BCUT2D eigenvalue weighted by molar-refractivity contribution is 7.92. The Morgan fingerprint density at radius 2 is 1.86 bits per heavy atom. The minimum Gasteiger partial charge on any atom is -0.351 e. The predicted octanol–water partition coefficient (Wildman–Crippen LogP) is 4.73. The number of hydrogen-bond acceptors (Lipinski definition) is 9. The van der Waals surface area contributed by atoms with Crippen molar-refractivity contribution in [3.05, 3.63) is 70.8 Å². The van der Waals surface area contributed by atoms with Crippen LogP contribution >= 0.6 is 0 Å². The molecule has 2 N–H and O–H groups in total. The van der Waals surface area contributed by atoms with Crippen LogP contribution in [0.5, 0.6) is 0 Å². The first-order valence-corrected chi connectivity index (χ1v) is 16.0. The molecule has 13 heteroatoms. The van der Waals surface area contributed by atoms with E-state index in [-0.39, 0.29) is 40.6 Å². The zero-order valence-electron chi connectivity index (χ0n) is 24.9. The van der Waals surface area contributed by atoms with Crippen LogP contribution in [0.25, 0.3) is 22.2 Å². The van der Waals surface area contributed by atoms with E-state index in [2.05, 4.69) is 24.9 Å². The molecule has 1 saturated carbocycles. The quantitative estimate of drug-likeness (QED) is 0.258. The first-order chi connectivity index (χ1) is 21.1. The first kappa shape index (κ1) is 31.0. The number of alkyl halides is 1. The lowest BCUT2D eigenvalue weighted by Gasteiger charge is -2.34. The average molecular weight is 619 g/mol. The number of anilines is 2. The third-order valence-corrected chi connectivity index (χ3v) is 9.40. The van der Waals surface area contributed by atoms with Gasteiger partial charge in [0.05, 0.1) is 5.56 Å². The molecular weight excluding hydrogens is 583 g/mol. The van der Waals surface area contributed by atoms with Gasteiger partial charge in [0, 0.05) is 53.6 Å². The molecule has 0 amide bonds. The van der Waals surface area contributed by atoms with Gasteiger partial charge in [-0.15, -0.1) is 0 Å². The van der Waals surface area contributed by atoms with Crippen LogP contribution in [0.1, 0.15) is 51.1 Å². The van der Waals surface area contributed by atoms with Gasteiger partial charge in [0.1, 0.15) is 29.1 Å². The summed E-state index contributed by atoms with van der Waals surface area (Å²) in [6.07, 6.45) is 6.88. The summed E-state index contributed by atoms with van der Waals surface area (Å²) in [7, 11) is -2.09. The normalized spacial score (nSPS) is 17.1. The molecule has 0 aliphatic heterocycles. The number of benzene rings is 1. The number of pyridine rings is 2. The highest BCUT2D eigenvalue weighted by Gasteiger charge is 2.25. The SMILES string of the molecule is CC(C)n1c(=O)c(-c2ccc(NS(=O)(=O)c3ccccc3C#N)nc2)cc2cnc(NC3CCC(N(C)CCF)CC3)nc21. The highest BCUT2D eigenvalue weighted by Crippen LogP contribution is 2.27. The summed E-state index contributed by atoms with van der Waals surface area (Å²) in [4.78, 5) is 29.2. The van der Waals surface area contributed by atoms with Crippen molar-refractivity contribution < 1.29 is 12.8 Å². The molecule has 0 saturated heterocycles. The molecule has 4 aromatic rings. The second-order valence-electron chi connectivity index (χ2n) is 11.3. The molecule has 3 heterocycles. The summed E-state index contributed by atoms with van der Waals surface area (Å²) in [6, 6.07) is 13.0. The molecule has 11 nitrogen and oxygen atoms in total. The molecule has 0 spiro atoms. The van der Waals surface area contributed by atoms with Crippen LogP contribution in [0.3, 0.4) is 0 Å². The highest BCUT2D eigenvalue weighted by atomic mass is 32.2. The van der Waals surface area contributed by atoms with E-state index in [1.165, 1.54) is 30.5 Å². The number of nitriles is 1. The number of sulfonamides is 1. The van der Waals surface area contributed by atoms with E-state index in [9.17, 15) is 22.9 Å². The van der Waals surface area contributed by atoms with E-state index in [0.717, 1.165) is 25.7 Å². The zero-order chi connectivity index (χ0) is 31.4. The lowest BCUT2D eigenvalue weighted by atomic mass is 9.90. The molecule has 230 valence electrons.